The van der Waals surface area contributed by atoms with Crippen molar-refractivity contribution < 1.29 is 19.1 Å². The average Bonchev–Trinajstić information content (AvgIpc) is 3.40. The van der Waals surface area contributed by atoms with Crippen molar-refractivity contribution in [2.45, 2.75) is 6.54 Å². The van der Waals surface area contributed by atoms with Gasteiger partial charge in [-0.1, -0.05) is 42.2 Å². The summed E-state index contributed by atoms with van der Waals surface area (Å²) in [4.78, 5) is 25.2. The van der Waals surface area contributed by atoms with Crippen molar-refractivity contribution in [2.24, 2.45) is 0 Å². The molecule has 0 unspecified atom stereocenters. The number of benzene rings is 2. The first kappa shape index (κ1) is 18.7. The van der Waals surface area contributed by atoms with E-state index in [4.69, 9.17) is 21.7 Å². The number of nitrogens with one attached hydrogen (secondary N) is 2. The summed E-state index contributed by atoms with van der Waals surface area (Å²) in [5.74, 6) is 0.888. The Bertz CT molecular complexity index is 1250. The first-order valence-electron chi connectivity index (χ1n) is 9.09. The Morgan fingerprint density at radius 3 is 2.90 bits per heavy atom. The molecule has 7 nitrogen and oxygen atoms in total. The number of anilines is 1. The minimum atomic E-state index is -0.206. The van der Waals surface area contributed by atoms with E-state index in [-0.39, 0.29) is 25.2 Å². The molecule has 3 aromatic rings. The van der Waals surface area contributed by atoms with Gasteiger partial charge in [-0.2, -0.15) is 0 Å². The lowest BCUT2D eigenvalue weighted by molar-refractivity contribution is -0.117. The molecule has 0 atom stereocenters. The van der Waals surface area contributed by atoms with Gasteiger partial charge >= 0.3 is 0 Å². The van der Waals surface area contributed by atoms with Crippen molar-refractivity contribution in [2.75, 3.05) is 12.1 Å². The second-order valence-corrected chi connectivity index (χ2v) is 8.42. The van der Waals surface area contributed by atoms with Crippen LogP contribution in [0.2, 0.25) is 0 Å². The van der Waals surface area contributed by atoms with Crippen LogP contribution in [0, 0.1) is 0 Å². The molecule has 9 heteroatoms. The highest BCUT2D eigenvalue weighted by Gasteiger charge is 2.23. The van der Waals surface area contributed by atoms with Gasteiger partial charge in [-0.25, -0.2) is 0 Å². The number of ether oxygens (including phenoxy) is 2. The Balaban J connectivity index is 1.40. The highest BCUT2D eigenvalue weighted by atomic mass is 32.2. The fraction of sp³-hybridized carbons (Fsp3) is 0.0952. The van der Waals surface area contributed by atoms with Gasteiger partial charge in [0.15, 0.2) is 11.5 Å². The van der Waals surface area contributed by atoms with Gasteiger partial charge in [0, 0.05) is 34.4 Å². The van der Waals surface area contributed by atoms with Gasteiger partial charge in [-0.05, 0) is 24.3 Å². The van der Waals surface area contributed by atoms with E-state index in [2.05, 4.69) is 10.6 Å². The van der Waals surface area contributed by atoms with Gasteiger partial charge < -0.3 is 24.7 Å². The highest BCUT2D eigenvalue weighted by molar-refractivity contribution is 8.26. The molecule has 5 rings (SSSR count). The second-order valence-electron chi connectivity index (χ2n) is 6.70. The van der Waals surface area contributed by atoms with Crippen LogP contribution < -0.4 is 20.1 Å². The number of thiocarbonyl (C=S) groups is 1. The molecule has 0 aliphatic carbocycles. The van der Waals surface area contributed by atoms with E-state index in [9.17, 15) is 9.59 Å². The van der Waals surface area contributed by atoms with Crippen LogP contribution in [-0.4, -0.2) is 27.5 Å². The Hall–Kier alpha value is -3.30. The van der Waals surface area contributed by atoms with Crippen LogP contribution in [0.1, 0.15) is 5.56 Å². The van der Waals surface area contributed by atoms with Gasteiger partial charge in [0.1, 0.15) is 10.9 Å². The number of nitrogens with zero attached hydrogens (tertiary/aromatic N) is 1. The molecule has 0 saturated carbocycles. The zero-order chi connectivity index (χ0) is 20.7. The lowest BCUT2D eigenvalue weighted by Crippen LogP contribution is -2.18. The van der Waals surface area contributed by atoms with Crippen LogP contribution in [0.25, 0.3) is 17.0 Å². The predicted octanol–water partition coefficient (Wildman–Crippen LogP) is 3.50. The number of hydrogen-bond acceptors (Lipinski definition) is 6. The predicted molar refractivity (Wildman–Crippen MR) is 119 cm³/mol. The van der Waals surface area contributed by atoms with E-state index < -0.39 is 0 Å². The fourth-order valence-electron chi connectivity index (χ4n) is 3.41. The van der Waals surface area contributed by atoms with Crippen LogP contribution >= 0.6 is 24.0 Å². The van der Waals surface area contributed by atoms with Crippen molar-refractivity contribution in [1.29, 1.82) is 0 Å². The Morgan fingerprint density at radius 1 is 1.23 bits per heavy atom. The number of fused-ring (bicyclic) bond motifs is 2. The summed E-state index contributed by atoms with van der Waals surface area (Å²) >= 11 is 6.29. The molecule has 150 valence electrons. The SMILES string of the molecule is O=C(Cn1cc(/C=C2/SC(=S)NC2=O)c2ccccc21)Nc1ccc2c(c1)OCO2. The molecule has 3 heterocycles. The van der Waals surface area contributed by atoms with E-state index in [1.807, 2.05) is 35.0 Å². The standard InChI is InChI=1S/C21H15N3O4S2/c25-19(22-13-5-6-16-17(8-13)28-11-27-16)10-24-9-12(14-3-1-2-4-15(14)24)7-18-20(26)23-21(29)30-18/h1-9H,10-11H2,(H,22,25)(H,23,26,29)/b18-7+. The van der Waals surface area contributed by atoms with Gasteiger partial charge in [0.05, 0.1) is 4.91 Å². The van der Waals surface area contributed by atoms with Gasteiger partial charge in [-0.15, -0.1) is 0 Å². The summed E-state index contributed by atoms with van der Waals surface area (Å²) in [7, 11) is 0. The number of carbonyl (C=O) groups excluding carboxylic acids is 2. The number of hydrogen-bond donors (Lipinski definition) is 2. The first-order chi connectivity index (χ1) is 14.6. The maximum Gasteiger partial charge on any atom is 0.263 e. The lowest BCUT2D eigenvalue weighted by atomic mass is 10.1. The molecule has 1 saturated heterocycles. The molecule has 1 aromatic heterocycles. The fourth-order valence-corrected chi connectivity index (χ4v) is 4.45. The molecule has 2 aromatic carbocycles. The summed E-state index contributed by atoms with van der Waals surface area (Å²) in [5.41, 5.74) is 2.38. The number of amides is 2. The minimum Gasteiger partial charge on any atom is -0.454 e. The molecule has 0 bridgehead atoms. The Labute approximate surface area is 181 Å². The molecule has 30 heavy (non-hydrogen) atoms. The van der Waals surface area contributed by atoms with Gasteiger partial charge in [0.2, 0.25) is 12.7 Å². The molecule has 2 amide bonds. The third-order valence-electron chi connectivity index (χ3n) is 4.72. The maximum absolute atomic E-state index is 12.7. The number of para-hydroxylation sites is 1. The van der Waals surface area contributed by atoms with E-state index >= 15 is 0 Å². The summed E-state index contributed by atoms with van der Waals surface area (Å²) in [5, 5.41) is 6.45. The third-order valence-corrected chi connectivity index (χ3v) is 5.88. The molecule has 2 N–H and O–H groups in total. The number of aromatic nitrogens is 1. The Morgan fingerprint density at radius 2 is 2.07 bits per heavy atom. The van der Waals surface area contributed by atoms with Crippen LogP contribution in [0.5, 0.6) is 11.5 Å². The maximum atomic E-state index is 12.7. The highest BCUT2D eigenvalue weighted by Crippen LogP contribution is 2.34. The van der Waals surface area contributed by atoms with Crippen molar-refractivity contribution in [3.63, 3.8) is 0 Å². The van der Waals surface area contributed by atoms with Gasteiger partial charge in [0.25, 0.3) is 5.91 Å². The lowest BCUT2D eigenvalue weighted by Gasteiger charge is -2.08. The number of carbonyl (C=O) groups is 2. The van der Waals surface area contributed by atoms with E-state index in [0.717, 1.165) is 16.5 Å². The smallest absolute Gasteiger partial charge is 0.263 e. The molecule has 1 fully saturated rings. The van der Waals surface area contributed by atoms with Crippen molar-refractivity contribution in [3.8, 4) is 11.5 Å². The van der Waals surface area contributed by atoms with E-state index in [1.54, 1.807) is 24.3 Å². The minimum absolute atomic E-state index is 0.121. The monoisotopic (exact) mass is 437 g/mol. The summed E-state index contributed by atoms with van der Waals surface area (Å²) in [6, 6.07) is 13.0. The first-order valence-corrected chi connectivity index (χ1v) is 10.3. The molecular weight excluding hydrogens is 422 g/mol. The van der Waals surface area contributed by atoms with Crippen LogP contribution in [0.4, 0.5) is 5.69 Å². The number of thioether (sulfide) groups is 1. The van der Waals surface area contributed by atoms with Crippen LogP contribution in [0.3, 0.4) is 0 Å². The quantitative estimate of drug-likeness (QED) is 0.480. The van der Waals surface area contributed by atoms with E-state index in [0.29, 0.717) is 26.4 Å². The number of rotatable bonds is 4. The average molecular weight is 438 g/mol. The third kappa shape index (κ3) is 3.53. The van der Waals surface area contributed by atoms with Crippen LogP contribution in [0.15, 0.2) is 53.6 Å². The molecular formula is C21H15N3O4S2. The summed E-state index contributed by atoms with van der Waals surface area (Å²) < 4.78 is 12.9. The van der Waals surface area contributed by atoms with Crippen LogP contribution in [-0.2, 0) is 16.1 Å². The molecule has 2 aliphatic heterocycles. The largest absolute Gasteiger partial charge is 0.454 e. The van der Waals surface area contributed by atoms with Gasteiger partial charge in [-0.3, -0.25) is 9.59 Å². The van der Waals surface area contributed by atoms with Crippen molar-refractivity contribution in [3.05, 3.63) is 59.1 Å². The summed E-state index contributed by atoms with van der Waals surface area (Å²) in [6.07, 6.45) is 3.67. The Kier molecular flexibility index (Phi) is 4.68. The second kappa shape index (κ2) is 7.51. The zero-order valence-electron chi connectivity index (χ0n) is 15.5. The normalized spacial score (nSPS) is 16.3. The van der Waals surface area contributed by atoms with Crippen molar-refractivity contribution in [1.82, 2.24) is 9.88 Å². The molecule has 0 radical (unpaired) electrons. The zero-order valence-corrected chi connectivity index (χ0v) is 17.1. The molecule has 2 aliphatic rings. The van der Waals surface area contributed by atoms with Crippen molar-refractivity contribution >= 4 is 62.8 Å². The van der Waals surface area contributed by atoms with E-state index in [1.165, 1.54) is 11.8 Å². The summed E-state index contributed by atoms with van der Waals surface area (Å²) in [6.45, 7) is 0.303. The molecule has 0 spiro atoms. The topological polar surface area (TPSA) is 81.6 Å².